The van der Waals surface area contributed by atoms with Crippen molar-refractivity contribution in [3.8, 4) is 0 Å². The van der Waals surface area contributed by atoms with Crippen LogP contribution in [0, 0.1) is 5.92 Å². The van der Waals surface area contributed by atoms with Gasteiger partial charge >= 0.3 is 0 Å². The Hall–Kier alpha value is -0.420. The van der Waals surface area contributed by atoms with E-state index in [9.17, 15) is 0 Å². The van der Waals surface area contributed by atoms with E-state index in [4.69, 9.17) is 0 Å². The van der Waals surface area contributed by atoms with Crippen molar-refractivity contribution in [2.75, 3.05) is 0 Å². The molecule has 0 amide bonds. The Labute approximate surface area is 88.5 Å². The SMILES string of the molecule is Pc1cc(CC2CCCCC2)ccn1. The van der Waals surface area contributed by atoms with Gasteiger partial charge in [-0.25, -0.2) is 0 Å². The van der Waals surface area contributed by atoms with Crippen molar-refractivity contribution in [2.45, 2.75) is 38.5 Å². The van der Waals surface area contributed by atoms with Crippen LogP contribution in [0.5, 0.6) is 0 Å². The third kappa shape index (κ3) is 2.78. The molecular formula is C12H18NP. The molecule has 1 heterocycles. The molecule has 2 rings (SSSR count). The maximum atomic E-state index is 4.20. The summed E-state index contributed by atoms with van der Waals surface area (Å²) in [5, 5.41) is 0. The fraction of sp³-hybridized carbons (Fsp3) is 0.583. The predicted molar refractivity (Wildman–Crippen MR) is 63.9 cm³/mol. The van der Waals surface area contributed by atoms with Gasteiger partial charge in [-0.2, -0.15) is 0 Å². The maximum absolute atomic E-state index is 4.20. The fourth-order valence-corrected chi connectivity index (χ4v) is 2.65. The van der Waals surface area contributed by atoms with Gasteiger partial charge < -0.3 is 0 Å². The molecule has 0 spiro atoms. The zero-order chi connectivity index (χ0) is 9.80. The lowest BCUT2D eigenvalue weighted by Gasteiger charge is -2.21. The molecule has 0 radical (unpaired) electrons. The van der Waals surface area contributed by atoms with Crippen LogP contribution in [0.4, 0.5) is 0 Å². The molecule has 1 aromatic heterocycles. The molecule has 2 heteroatoms. The van der Waals surface area contributed by atoms with E-state index in [0.717, 1.165) is 11.4 Å². The molecule has 14 heavy (non-hydrogen) atoms. The van der Waals surface area contributed by atoms with Gasteiger partial charge in [0.25, 0.3) is 0 Å². The first kappa shape index (κ1) is 10.1. The van der Waals surface area contributed by atoms with Crippen LogP contribution in [0.3, 0.4) is 0 Å². The van der Waals surface area contributed by atoms with Crippen molar-refractivity contribution in [3.05, 3.63) is 23.9 Å². The Balaban J connectivity index is 1.95. The molecule has 1 unspecified atom stereocenters. The van der Waals surface area contributed by atoms with Gasteiger partial charge in [0.05, 0.1) is 5.44 Å². The molecule has 1 nitrogen and oxygen atoms in total. The first-order valence-electron chi connectivity index (χ1n) is 5.55. The Morgan fingerprint density at radius 2 is 2.07 bits per heavy atom. The Morgan fingerprint density at radius 1 is 1.29 bits per heavy atom. The van der Waals surface area contributed by atoms with E-state index >= 15 is 0 Å². The van der Waals surface area contributed by atoms with E-state index in [1.54, 1.807) is 0 Å². The van der Waals surface area contributed by atoms with Crippen molar-refractivity contribution in [1.82, 2.24) is 4.98 Å². The molecule has 0 aliphatic heterocycles. The van der Waals surface area contributed by atoms with Crippen LogP contribution in [0.1, 0.15) is 37.7 Å². The van der Waals surface area contributed by atoms with Crippen LogP contribution in [0.15, 0.2) is 18.3 Å². The minimum Gasteiger partial charge on any atom is -0.257 e. The van der Waals surface area contributed by atoms with Crippen molar-refractivity contribution in [2.24, 2.45) is 5.92 Å². The van der Waals surface area contributed by atoms with Gasteiger partial charge in [0, 0.05) is 6.20 Å². The van der Waals surface area contributed by atoms with Crippen molar-refractivity contribution in [1.29, 1.82) is 0 Å². The summed E-state index contributed by atoms with van der Waals surface area (Å²) >= 11 is 0. The minimum absolute atomic E-state index is 0.926. The standard InChI is InChI=1S/C12H18NP/c14-12-9-11(6-7-13-12)8-10-4-2-1-3-5-10/h6-7,9-10H,1-5,8,14H2. The van der Waals surface area contributed by atoms with Crippen LogP contribution in [-0.2, 0) is 6.42 Å². The summed E-state index contributed by atoms with van der Waals surface area (Å²) in [5.41, 5.74) is 2.52. The maximum Gasteiger partial charge on any atom is 0.0571 e. The van der Waals surface area contributed by atoms with Crippen LogP contribution in [-0.4, -0.2) is 4.98 Å². The second kappa shape index (κ2) is 4.89. The van der Waals surface area contributed by atoms with E-state index in [2.05, 4.69) is 26.4 Å². The van der Waals surface area contributed by atoms with Crippen LogP contribution < -0.4 is 5.44 Å². The van der Waals surface area contributed by atoms with E-state index in [0.29, 0.717) is 0 Å². The van der Waals surface area contributed by atoms with Crippen LogP contribution >= 0.6 is 9.24 Å². The van der Waals surface area contributed by atoms with Gasteiger partial charge in [-0.15, -0.1) is 0 Å². The quantitative estimate of drug-likeness (QED) is 0.679. The first-order valence-corrected chi connectivity index (χ1v) is 6.13. The third-order valence-electron chi connectivity index (χ3n) is 3.09. The topological polar surface area (TPSA) is 12.9 Å². The second-order valence-corrected chi connectivity index (χ2v) is 4.89. The first-order chi connectivity index (χ1) is 6.84. The summed E-state index contributed by atoms with van der Waals surface area (Å²) in [6, 6.07) is 4.35. The average Bonchev–Trinajstić information content (AvgIpc) is 2.19. The Bertz CT molecular complexity index is 292. The van der Waals surface area contributed by atoms with Gasteiger partial charge in [-0.05, 0) is 30.0 Å². The molecule has 1 fully saturated rings. The molecule has 1 aliphatic carbocycles. The van der Waals surface area contributed by atoms with E-state index in [-0.39, 0.29) is 0 Å². The van der Waals surface area contributed by atoms with Crippen molar-refractivity contribution >= 4 is 14.7 Å². The smallest absolute Gasteiger partial charge is 0.0571 e. The summed E-state index contributed by atoms with van der Waals surface area (Å²) in [7, 11) is 2.67. The van der Waals surface area contributed by atoms with Gasteiger partial charge in [-0.1, -0.05) is 41.3 Å². The number of hydrogen-bond acceptors (Lipinski definition) is 1. The molecule has 0 aromatic carbocycles. The number of rotatable bonds is 2. The molecule has 1 aliphatic rings. The molecule has 1 aromatic rings. The summed E-state index contributed by atoms with van der Waals surface area (Å²) in [6.45, 7) is 0. The van der Waals surface area contributed by atoms with Gasteiger partial charge in [-0.3, -0.25) is 4.98 Å². The Kier molecular flexibility index (Phi) is 3.53. The van der Waals surface area contributed by atoms with Gasteiger partial charge in [0.2, 0.25) is 0 Å². The van der Waals surface area contributed by atoms with Crippen molar-refractivity contribution < 1.29 is 0 Å². The highest BCUT2D eigenvalue weighted by molar-refractivity contribution is 7.26. The molecule has 76 valence electrons. The third-order valence-corrected chi connectivity index (χ3v) is 3.41. The minimum atomic E-state index is 0.926. The van der Waals surface area contributed by atoms with Crippen LogP contribution in [0.2, 0.25) is 0 Å². The normalized spacial score (nSPS) is 18.4. The van der Waals surface area contributed by atoms with Gasteiger partial charge in [0.1, 0.15) is 0 Å². The van der Waals surface area contributed by atoms with Crippen LogP contribution in [0.25, 0.3) is 0 Å². The van der Waals surface area contributed by atoms with Crippen molar-refractivity contribution in [3.63, 3.8) is 0 Å². The summed E-state index contributed by atoms with van der Waals surface area (Å²) in [6.07, 6.45) is 10.3. The average molecular weight is 207 g/mol. The van der Waals surface area contributed by atoms with E-state index in [1.165, 1.54) is 44.1 Å². The Morgan fingerprint density at radius 3 is 2.79 bits per heavy atom. The lowest BCUT2D eigenvalue weighted by atomic mass is 9.85. The highest BCUT2D eigenvalue weighted by Gasteiger charge is 2.13. The largest absolute Gasteiger partial charge is 0.257 e. The molecule has 1 atom stereocenters. The zero-order valence-electron chi connectivity index (χ0n) is 8.58. The second-order valence-electron chi connectivity index (χ2n) is 4.30. The lowest BCUT2D eigenvalue weighted by Crippen LogP contribution is -2.10. The van der Waals surface area contributed by atoms with E-state index in [1.807, 2.05) is 6.20 Å². The monoisotopic (exact) mass is 207 g/mol. The molecular weight excluding hydrogens is 189 g/mol. The molecule has 0 N–H and O–H groups in total. The summed E-state index contributed by atoms with van der Waals surface area (Å²) < 4.78 is 0. The van der Waals surface area contributed by atoms with Gasteiger partial charge in [0.15, 0.2) is 0 Å². The highest BCUT2D eigenvalue weighted by Crippen LogP contribution is 2.26. The van der Waals surface area contributed by atoms with E-state index < -0.39 is 0 Å². The zero-order valence-corrected chi connectivity index (χ0v) is 9.73. The lowest BCUT2D eigenvalue weighted by molar-refractivity contribution is 0.356. The summed E-state index contributed by atoms with van der Waals surface area (Å²) in [4.78, 5) is 4.20. The molecule has 0 bridgehead atoms. The predicted octanol–water partition coefficient (Wildman–Crippen LogP) is 2.70. The number of hydrogen-bond donors (Lipinski definition) is 0. The molecule has 0 saturated heterocycles. The fourth-order valence-electron chi connectivity index (χ4n) is 2.35. The molecule has 1 saturated carbocycles. The number of pyridine rings is 1. The summed E-state index contributed by atoms with van der Waals surface area (Å²) in [5.74, 6) is 0.926. The number of nitrogens with zero attached hydrogens (tertiary/aromatic N) is 1. The number of aromatic nitrogens is 1. The highest BCUT2D eigenvalue weighted by atomic mass is 31.0.